The molecule has 112 valence electrons. The molecular formula is C14H9F5O2. The van der Waals surface area contributed by atoms with Gasteiger partial charge in [-0.2, -0.15) is 22.0 Å². The number of benzene rings is 2. The molecule has 0 bridgehead atoms. The molecule has 2 rings (SSSR count). The van der Waals surface area contributed by atoms with Gasteiger partial charge in [-0.15, -0.1) is 0 Å². The number of phenols is 2. The van der Waals surface area contributed by atoms with Crippen molar-refractivity contribution in [3.63, 3.8) is 0 Å². The minimum atomic E-state index is -5.81. The second-order valence-electron chi connectivity index (χ2n) is 4.35. The summed E-state index contributed by atoms with van der Waals surface area (Å²) in [5, 5.41) is 18.4. The van der Waals surface area contributed by atoms with Crippen LogP contribution in [0.3, 0.4) is 0 Å². The van der Waals surface area contributed by atoms with E-state index in [0.717, 1.165) is 6.07 Å². The maximum Gasteiger partial charge on any atom is 0.458 e. The minimum absolute atomic E-state index is 0.0618. The standard InChI is InChI=1S/C14H9F5O2/c15-13(16,14(17,18)19)11-7-9(3-6-12(11)21)8-1-4-10(20)5-2-8/h1-7,20-21H. The summed E-state index contributed by atoms with van der Waals surface area (Å²) in [6.07, 6.45) is -5.81. The third kappa shape index (κ3) is 2.76. The molecule has 0 heterocycles. The quantitative estimate of drug-likeness (QED) is 0.806. The molecule has 0 aliphatic carbocycles. The van der Waals surface area contributed by atoms with Crippen molar-refractivity contribution in [2.75, 3.05) is 0 Å². The fourth-order valence-electron chi connectivity index (χ4n) is 1.77. The van der Waals surface area contributed by atoms with Gasteiger partial charge >= 0.3 is 12.1 Å². The van der Waals surface area contributed by atoms with Crippen LogP contribution < -0.4 is 0 Å². The van der Waals surface area contributed by atoms with Crippen molar-refractivity contribution >= 4 is 0 Å². The Hall–Kier alpha value is -2.31. The van der Waals surface area contributed by atoms with E-state index >= 15 is 0 Å². The van der Waals surface area contributed by atoms with E-state index in [0.29, 0.717) is 11.6 Å². The molecular weight excluding hydrogens is 295 g/mol. The first-order valence-electron chi connectivity index (χ1n) is 5.70. The van der Waals surface area contributed by atoms with Crippen molar-refractivity contribution in [1.82, 2.24) is 0 Å². The van der Waals surface area contributed by atoms with Crippen LogP contribution in [0.4, 0.5) is 22.0 Å². The maximum atomic E-state index is 13.4. The molecule has 2 aromatic rings. The first-order chi connectivity index (χ1) is 9.63. The monoisotopic (exact) mass is 304 g/mol. The van der Waals surface area contributed by atoms with E-state index in [9.17, 15) is 27.1 Å². The van der Waals surface area contributed by atoms with Gasteiger partial charge in [-0.3, -0.25) is 0 Å². The molecule has 0 saturated carbocycles. The van der Waals surface area contributed by atoms with Crippen LogP contribution in [0.25, 0.3) is 11.1 Å². The molecule has 0 fully saturated rings. The van der Waals surface area contributed by atoms with Crippen LogP contribution in [-0.4, -0.2) is 16.4 Å². The molecule has 0 spiro atoms. The molecule has 7 heteroatoms. The molecule has 0 atom stereocenters. The summed E-state index contributed by atoms with van der Waals surface area (Å²) in [6.45, 7) is 0. The van der Waals surface area contributed by atoms with Gasteiger partial charge in [0.2, 0.25) is 0 Å². The highest BCUT2D eigenvalue weighted by molar-refractivity contribution is 5.66. The van der Waals surface area contributed by atoms with Gasteiger partial charge in [0.25, 0.3) is 0 Å². The number of rotatable bonds is 2. The van der Waals surface area contributed by atoms with Crippen molar-refractivity contribution < 1.29 is 32.2 Å². The van der Waals surface area contributed by atoms with Gasteiger partial charge in [0.1, 0.15) is 11.5 Å². The largest absolute Gasteiger partial charge is 0.508 e. The summed E-state index contributed by atoms with van der Waals surface area (Å²) in [7, 11) is 0. The lowest BCUT2D eigenvalue weighted by Crippen LogP contribution is -2.33. The van der Waals surface area contributed by atoms with Gasteiger partial charge in [-0.05, 0) is 35.4 Å². The Kier molecular flexibility index (Phi) is 3.52. The topological polar surface area (TPSA) is 40.5 Å². The average molecular weight is 304 g/mol. The molecule has 2 N–H and O–H groups in total. The lowest BCUT2D eigenvalue weighted by molar-refractivity contribution is -0.289. The maximum absolute atomic E-state index is 13.4. The van der Waals surface area contributed by atoms with Crippen molar-refractivity contribution in [2.45, 2.75) is 12.1 Å². The number of hydrogen-bond acceptors (Lipinski definition) is 2. The Morgan fingerprint density at radius 3 is 1.76 bits per heavy atom. The van der Waals surface area contributed by atoms with E-state index in [-0.39, 0.29) is 11.3 Å². The fraction of sp³-hybridized carbons (Fsp3) is 0.143. The Bertz CT molecular complexity index is 647. The molecule has 0 aliphatic rings. The summed E-state index contributed by atoms with van der Waals surface area (Å²) in [5.41, 5.74) is -1.13. The SMILES string of the molecule is Oc1ccc(-c2ccc(O)c(C(F)(F)C(F)(F)F)c2)cc1. The Morgan fingerprint density at radius 1 is 0.714 bits per heavy atom. The first kappa shape index (κ1) is 15.1. The zero-order valence-corrected chi connectivity index (χ0v) is 10.3. The highest BCUT2D eigenvalue weighted by Crippen LogP contribution is 2.47. The third-order valence-corrected chi connectivity index (χ3v) is 2.89. The van der Waals surface area contributed by atoms with Gasteiger partial charge in [0, 0.05) is 0 Å². The van der Waals surface area contributed by atoms with Crippen LogP contribution in [0.2, 0.25) is 0 Å². The molecule has 0 aromatic heterocycles. The second kappa shape index (κ2) is 4.91. The van der Waals surface area contributed by atoms with Gasteiger partial charge in [0.05, 0.1) is 5.56 Å². The number of halogens is 5. The van der Waals surface area contributed by atoms with E-state index in [2.05, 4.69) is 0 Å². The highest BCUT2D eigenvalue weighted by atomic mass is 19.4. The summed E-state index contributed by atoms with van der Waals surface area (Å²) in [4.78, 5) is 0. The van der Waals surface area contributed by atoms with E-state index in [1.807, 2.05) is 0 Å². The first-order valence-corrected chi connectivity index (χ1v) is 5.70. The Morgan fingerprint density at radius 2 is 1.24 bits per heavy atom. The average Bonchev–Trinajstić information content (AvgIpc) is 2.39. The van der Waals surface area contributed by atoms with E-state index in [1.165, 1.54) is 30.3 Å². The lowest BCUT2D eigenvalue weighted by atomic mass is 9.99. The van der Waals surface area contributed by atoms with Crippen LogP contribution in [-0.2, 0) is 5.92 Å². The van der Waals surface area contributed by atoms with Crippen LogP contribution >= 0.6 is 0 Å². The minimum Gasteiger partial charge on any atom is -0.508 e. The molecule has 0 unspecified atom stereocenters. The molecule has 0 amide bonds. The van der Waals surface area contributed by atoms with E-state index in [4.69, 9.17) is 5.11 Å². The van der Waals surface area contributed by atoms with Crippen LogP contribution in [0.5, 0.6) is 11.5 Å². The lowest BCUT2D eigenvalue weighted by Gasteiger charge is -2.21. The summed E-state index contributed by atoms with van der Waals surface area (Å²) < 4.78 is 63.9. The molecule has 21 heavy (non-hydrogen) atoms. The normalized spacial score (nSPS) is 12.4. The predicted octanol–water partition coefficient (Wildman–Crippen LogP) is 4.42. The number of alkyl halides is 5. The van der Waals surface area contributed by atoms with Crippen molar-refractivity contribution in [3.05, 3.63) is 48.0 Å². The summed E-state index contributed by atoms with van der Waals surface area (Å²) >= 11 is 0. The number of hydrogen-bond donors (Lipinski definition) is 2. The highest BCUT2D eigenvalue weighted by Gasteiger charge is 2.59. The third-order valence-electron chi connectivity index (χ3n) is 2.89. The number of aromatic hydroxyl groups is 2. The summed E-state index contributed by atoms with van der Waals surface area (Å²) in [5.74, 6) is -6.37. The Balaban J connectivity index is 2.55. The second-order valence-corrected chi connectivity index (χ2v) is 4.35. The van der Waals surface area contributed by atoms with Gasteiger partial charge in [-0.25, -0.2) is 0 Å². The molecule has 2 aromatic carbocycles. The van der Waals surface area contributed by atoms with Crippen LogP contribution in [0.15, 0.2) is 42.5 Å². The number of phenolic OH excluding ortho intramolecular Hbond substituents is 2. The fourth-order valence-corrected chi connectivity index (χ4v) is 1.77. The molecule has 0 radical (unpaired) electrons. The van der Waals surface area contributed by atoms with Crippen molar-refractivity contribution in [2.24, 2.45) is 0 Å². The van der Waals surface area contributed by atoms with Crippen LogP contribution in [0.1, 0.15) is 5.56 Å². The van der Waals surface area contributed by atoms with E-state index in [1.54, 1.807) is 0 Å². The zero-order chi connectivity index (χ0) is 15.8. The van der Waals surface area contributed by atoms with Crippen molar-refractivity contribution in [1.29, 1.82) is 0 Å². The van der Waals surface area contributed by atoms with Gasteiger partial charge < -0.3 is 10.2 Å². The van der Waals surface area contributed by atoms with Crippen LogP contribution in [0, 0.1) is 0 Å². The molecule has 0 aliphatic heterocycles. The van der Waals surface area contributed by atoms with Crippen molar-refractivity contribution in [3.8, 4) is 22.6 Å². The summed E-state index contributed by atoms with van der Waals surface area (Å²) in [6, 6.07) is 7.81. The predicted molar refractivity (Wildman–Crippen MR) is 65.2 cm³/mol. The van der Waals surface area contributed by atoms with Gasteiger partial charge in [-0.1, -0.05) is 18.2 Å². The van der Waals surface area contributed by atoms with E-state index < -0.39 is 23.4 Å². The molecule has 0 saturated heterocycles. The Labute approximate surface area is 116 Å². The smallest absolute Gasteiger partial charge is 0.458 e. The zero-order valence-electron chi connectivity index (χ0n) is 10.3. The molecule has 2 nitrogen and oxygen atoms in total. The van der Waals surface area contributed by atoms with Gasteiger partial charge in [0.15, 0.2) is 0 Å².